The molecule has 8 nitrogen and oxygen atoms in total. The second-order valence-electron chi connectivity index (χ2n) is 9.57. The van der Waals surface area contributed by atoms with Crippen molar-refractivity contribution in [3.8, 4) is 0 Å². The van der Waals surface area contributed by atoms with Gasteiger partial charge in [0.05, 0.1) is 30.1 Å². The van der Waals surface area contributed by atoms with Crippen LogP contribution < -0.4 is 10.2 Å². The van der Waals surface area contributed by atoms with E-state index in [0.29, 0.717) is 37.4 Å². The maximum atomic E-state index is 13.7. The molecule has 2 aliphatic heterocycles. The number of pyridine rings is 1. The lowest BCUT2D eigenvalue weighted by molar-refractivity contribution is 0.107. The Balaban J connectivity index is 0.00000148. The van der Waals surface area contributed by atoms with Gasteiger partial charge < -0.3 is 20.2 Å². The molecule has 0 spiro atoms. The molecule has 2 amide bonds. The second kappa shape index (κ2) is 11.1. The van der Waals surface area contributed by atoms with E-state index in [9.17, 15) is 18.7 Å². The van der Waals surface area contributed by atoms with Crippen molar-refractivity contribution in [3.05, 3.63) is 34.3 Å². The molecule has 1 aliphatic carbocycles. The van der Waals surface area contributed by atoms with Crippen LogP contribution in [0.25, 0.3) is 0 Å². The number of carbonyl (C=O) groups is 1. The maximum Gasteiger partial charge on any atom is 0.317 e. The molecule has 2 aromatic rings. The molecule has 0 aromatic carbocycles. The van der Waals surface area contributed by atoms with E-state index < -0.39 is 6.43 Å². The number of anilines is 2. The molecule has 0 atom stereocenters. The number of urea groups is 1. The van der Waals surface area contributed by atoms with E-state index in [2.05, 4.69) is 15.0 Å². The number of nitrogens with zero attached hydrogens (tertiary/aromatic N) is 5. The predicted molar refractivity (Wildman–Crippen MR) is 135 cm³/mol. The van der Waals surface area contributed by atoms with E-state index in [1.54, 1.807) is 24.9 Å². The van der Waals surface area contributed by atoms with Gasteiger partial charge in [0, 0.05) is 49.1 Å². The average molecular weight is 505 g/mol. The Bertz CT molecular complexity index is 1080. The number of nitrogens with one attached hydrogen (secondary N) is 1. The molecule has 0 bridgehead atoms. The molecule has 2 aromatic heterocycles. The minimum absolute atomic E-state index is 0.0489. The number of rotatable bonds is 3. The fourth-order valence-corrected chi connectivity index (χ4v) is 5.62. The van der Waals surface area contributed by atoms with E-state index in [1.807, 2.05) is 18.7 Å². The van der Waals surface area contributed by atoms with Crippen molar-refractivity contribution in [3.63, 3.8) is 0 Å². The highest BCUT2D eigenvalue weighted by molar-refractivity contribution is 5.75. The number of amides is 2. The molecule has 2 N–H and O–H groups in total. The van der Waals surface area contributed by atoms with Crippen LogP contribution in [-0.4, -0.2) is 57.0 Å². The van der Waals surface area contributed by atoms with Gasteiger partial charge in [-0.3, -0.25) is 9.67 Å². The van der Waals surface area contributed by atoms with Gasteiger partial charge in [-0.25, -0.2) is 13.6 Å². The van der Waals surface area contributed by atoms with Gasteiger partial charge >= 0.3 is 6.03 Å². The van der Waals surface area contributed by atoms with Gasteiger partial charge in [0.1, 0.15) is 0 Å². The first-order chi connectivity index (χ1) is 17.4. The summed E-state index contributed by atoms with van der Waals surface area (Å²) in [5.74, 6) is 0.738. The zero-order chi connectivity index (χ0) is 26.0. The Morgan fingerprint density at radius 1 is 1.17 bits per heavy atom. The maximum absolute atomic E-state index is 13.7. The van der Waals surface area contributed by atoms with Gasteiger partial charge in [0.2, 0.25) is 0 Å². The lowest BCUT2D eigenvalue weighted by atomic mass is 9.92. The number of halogens is 2. The number of alkyl halides is 2. The number of hydrogen-bond acceptors (Lipinski definition) is 5. The zero-order valence-electron chi connectivity index (χ0n) is 21.7. The van der Waals surface area contributed by atoms with Crippen LogP contribution in [0.2, 0.25) is 0 Å². The lowest BCUT2D eigenvalue weighted by Crippen LogP contribution is -2.42. The Labute approximate surface area is 211 Å². The predicted octanol–water partition coefficient (Wildman–Crippen LogP) is 4.81. The smallest absolute Gasteiger partial charge is 0.317 e. The van der Waals surface area contributed by atoms with Crippen LogP contribution in [-0.2, 0) is 19.4 Å². The number of aromatic nitrogens is 3. The number of hydrogen-bond donors (Lipinski definition) is 2. The Morgan fingerprint density at radius 2 is 1.89 bits per heavy atom. The molecule has 0 radical (unpaired) electrons. The topological polar surface area (TPSA) is 86.5 Å². The van der Waals surface area contributed by atoms with Crippen LogP contribution in [0.4, 0.5) is 25.1 Å². The third-order valence-corrected chi connectivity index (χ3v) is 7.46. The number of aliphatic hydroxyl groups excluding tert-OH is 1. The first-order valence-corrected chi connectivity index (χ1v) is 13.2. The third kappa shape index (κ3) is 4.92. The number of aryl methyl sites for hydroxylation is 2. The SMILES string of the molecule is CC.CNC(=O)N1CCc2c(c(N3CCCc4nc(C)c(C(F)F)cc43)nn2C2CCC(O)CC2)C1. The molecule has 0 saturated heterocycles. The standard InChI is InChI=1S/C24H32F2N6O2.C2H6/c1-14-17(22(25)26)12-21-19(28-14)4-3-10-31(21)23-18-13-30(24(34)27-2)11-9-20(18)32(29-23)15-5-7-16(33)8-6-15;1-2/h12,15-16,22,33H,3-11,13H2,1-2H3,(H,27,34);1-2H3. The summed E-state index contributed by atoms with van der Waals surface area (Å²) in [6.07, 6.45) is 2.60. The summed E-state index contributed by atoms with van der Waals surface area (Å²) >= 11 is 0. The van der Waals surface area contributed by atoms with Crippen LogP contribution in [0.3, 0.4) is 0 Å². The quantitative estimate of drug-likeness (QED) is 0.627. The molecule has 1 fully saturated rings. The van der Waals surface area contributed by atoms with E-state index in [-0.39, 0.29) is 23.7 Å². The summed E-state index contributed by atoms with van der Waals surface area (Å²) in [6.45, 7) is 7.32. The van der Waals surface area contributed by atoms with E-state index >= 15 is 0 Å². The second-order valence-corrected chi connectivity index (χ2v) is 9.57. The van der Waals surface area contributed by atoms with Gasteiger partial charge in [-0.05, 0) is 51.5 Å². The van der Waals surface area contributed by atoms with Crippen molar-refractivity contribution >= 4 is 17.5 Å². The largest absolute Gasteiger partial charge is 0.393 e. The summed E-state index contributed by atoms with van der Waals surface area (Å²) in [4.78, 5) is 20.7. The van der Waals surface area contributed by atoms with Crippen LogP contribution in [0, 0.1) is 6.92 Å². The van der Waals surface area contributed by atoms with Crippen LogP contribution in [0.15, 0.2) is 6.07 Å². The van der Waals surface area contributed by atoms with Gasteiger partial charge in [0.25, 0.3) is 6.43 Å². The fourth-order valence-electron chi connectivity index (χ4n) is 5.62. The number of carbonyl (C=O) groups excluding carboxylic acids is 1. The molecule has 5 rings (SSSR count). The molecule has 3 aliphatic rings. The molecule has 0 unspecified atom stereocenters. The Kier molecular flexibility index (Phi) is 8.12. The van der Waals surface area contributed by atoms with Gasteiger partial charge in [-0.1, -0.05) is 13.8 Å². The highest BCUT2D eigenvalue weighted by Gasteiger charge is 2.35. The molecular formula is C26H38F2N6O2. The monoisotopic (exact) mass is 504 g/mol. The Hall–Kier alpha value is -2.75. The van der Waals surface area contributed by atoms with Crippen molar-refractivity contribution in [2.45, 2.75) is 90.8 Å². The van der Waals surface area contributed by atoms with Crippen molar-refractivity contribution < 1.29 is 18.7 Å². The molecule has 198 valence electrons. The Morgan fingerprint density at radius 3 is 2.56 bits per heavy atom. The minimum atomic E-state index is -2.59. The highest BCUT2D eigenvalue weighted by atomic mass is 19.3. The normalized spacial score (nSPS) is 21.4. The average Bonchev–Trinajstić information content (AvgIpc) is 3.27. The summed E-state index contributed by atoms with van der Waals surface area (Å²) in [6, 6.07) is 1.62. The number of aliphatic hydroxyl groups is 1. The third-order valence-electron chi connectivity index (χ3n) is 7.46. The van der Waals surface area contributed by atoms with Gasteiger partial charge in [0.15, 0.2) is 5.82 Å². The summed E-state index contributed by atoms with van der Waals surface area (Å²) < 4.78 is 29.5. The van der Waals surface area contributed by atoms with Crippen LogP contribution in [0.5, 0.6) is 0 Å². The first-order valence-electron chi connectivity index (χ1n) is 13.2. The van der Waals surface area contributed by atoms with Crippen molar-refractivity contribution in [2.75, 3.05) is 25.0 Å². The highest BCUT2D eigenvalue weighted by Crippen LogP contribution is 2.41. The molecule has 36 heavy (non-hydrogen) atoms. The fraction of sp³-hybridized carbons (Fsp3) is 0.654. The molecule has 4 heterocycles. The van der Waals surface area contributed by atoms with Crippen molar-refractivity contribution in [2.24, 2.45) is 0 Å². The van der Waals surface area contributed by atoms with Gasteiger partial charge in [-0.15, -0.1) is 0 Å². The number of fused-ring (bicyclic) bond motifs is 2. The molecule has 10 heteroatoms. The molecular weight excluding hydrogens is 466 g/mol. The van der Waals surface area contributed by atoms with Crippen LogP contribution in [0.1, 0.15) is 86.6 Å². The van der Waals surface area contributed by atoms with Crippen molar-refractivity contribution in [1.82, 2.24) is 25.0 Å². The summed E-state index contributed by atoms with van der Waals surface area (Å²) in [5.41, 5.74) is 3.92. The van der Waals surface area contributed by atoms with Crippen LogP contribution >= 0.6 is 0 Å². The zero-order valence-corrected chi connectivity index (χ0v) is 21.7. The van der Waals surface area contributed by atoms with Crippen molar-refractivity contribution in [1.29, 1.82) is 0 Å². The van der Waals surface area contributed by atoms with Gasteiger partial charge in [-0.2, -0.15) is 5.10 Å². The lowest BCUT2D eigenvalue weighted by Gasteiger charge is -2.33. The first kappa shape index (κ1) is 26.3. The van der Waals surface area contributed by atoms with E-state index in [1.165, 1.54) is 0 Å². The van der Waals surface area contributed by atoms with E-state index in [0.717, 1.165) is 61.3 Å². The molecule has 1 saturated carbocycles. The summed E-state index contributed by atoms with van der Waals surface area (Å²) in [7, 11) is 1.62. The minimum Gasteiger partial charge on any atom is -0.393 e. The van der Waals surface area contributed by atoms with E-state index in [4.69, 9.17) is 5.10 Å². The summed E-state index contributed by atoms with van der Waals surface area (Å²) in [5, 5.41) is 17.8.